The van der Waals surface area contributed by atoms with Gasteiger partial charge in [-0.3, -0.25) is 4.79 Å². The lowest BCUT2D eigenvalue weighted by atomic mass is 10.2. The van der Waals surface area contributed by atoms with Gasteiger partial charge in [0.1, 0.15) is 5.75 Å². The van der Waals surface area contributed by atoms with Gasteiger partial charge in [0.05, 0.1) is 22.9 Å². The number of carbonyl (C=O) groups is 1. The van der Waals surface area contributed by atoms with Gasteiger partial charge in [-0.05, 0) is 31.2 Å². The Bertz CT molecular complexity index is 913. The summed E-state index contributed by atoms with van der Waals surface area (Å²) in [5, 5.41) is 2.55. The van der Waals surface area contributed by atoms with Gasteiger partial charge in [-0.1, -0.05) is 18.2 Å². The van der Waals surface area contributed by atoms with E-state index in [-0.39, 0.29) is 22.6 Å². The summed E-state index contributed by atoms with van der Waals surface area (Å²) in [6.07, 6.45) is 0. The number of anilines is 1. The molecule has 2 N–H and O–H groups in total. The molecule has 1 heterocycles. The highest BCUT2D eigenvalue weighted by molar-refractivity contribution is 8.01. The molecule has 132 valence electrons. The molecule has 8 heteroatoms. The van der Waals surface area contributed by atoms with Gasteiger partial charge in [0.25, 0.3) is 0 Å². The molecule has 3 rings (SSSR count). The first-order valence-corrected chi connectivity index (χ1v) is 10.00. The van der Waals surface area contributed by atoms with Crippen LogP contribution in [0.4, 0.5) is 5.69 Å². The van der Waals surface area contributed by atoms with E-state index in [0.29, 0.717) is 11.4 Å². The summed E-state index contributed by atoms with van der Waals surface area (Å²) < 4.78 is 32.9. The summed E-state index contributed by atoms with van der Waals surface area (Å²) >= 11 is 1.41. The Labute approximate surface area is 151 Å². The minimum atomic E-state index is -3.71. The minimum absolute atomic E-state index is 0.108. The van der Waals surface area contributed by atoms with Crippen LogP contribution in [-0.4, -0.2) is 26.7 Å². The zero-order chi connectivity index (χ0) is 18.0. The molecule has 2 aromatic carbocycles. The third kappa shape index (κ3) is 3.81. The lowest BCUT2D eigenvalue weighted by Crippen LogP contribution is -2.27. The van der Waals surface area contributed by atoms with Gasteiger partial charge in [-0.25, -0.2) is 13.1 Å². The van der Waals surface area contributed by atoms with E-state index in [9.17, 15) is 13.2 Å². The Morgan fingerprint density at radius 3 is 2.76 bits per heavy atom. The maximum atomic E-state index is 12.6. The molecule has 25 heavy (non-hydrogen) atoms. The second kappa shape index (κ2) is 7.07. The van der Waals surface area contributed by atoms with Crippen LogP contribution >= 0.6 is 11.8 Å². The average molecular weight is 378 g/mol. The third-order valence-electron chi connectivity index (χ3n) is 3.84. The summed E-state index contributed by atoms with van der Waals surface area (Å²) in [7, 11) is -2.17. The van der Waals surface area contributed by atoms with Gasteiger partial charge < -0.3 is 10.1 Å². The SMILES string of the molecule is COc1ccccc1CNS(=O)(=O)c1ccc2c(c1)NC(=O)[C@@H](C)S2. The fourth-order valence-corrected chi connectivity index (χ4v) is 4.42. The lowest BCUT2D eigenvalue weighted by Gasteiger charge is -2.21. The number of hydrogen-bond acceptors (Lipinski definition) is 5. The fraction of sp³-hybridized carbons (Fsp3) is 0.235. The maximum Gasteiger partial charge on any atom is 0.240 e. The van der Waals surface area contributed by atoms with Gasteiger partial charge >= 0.3 is 0 Å². The van der Waals surface area contributed by atoms with Crippen LogP contribution in [-0.2, 0) is 21.4 Å². The van der Waals surface area contributed by atoms with Crippen LogP contribution in [0.25, 0.3) is 0 Å². The number of hydrogen-bond donors (Lipinski definition) is 2. The van der Waals surface area contributed by atoms with Crippen molar-refractivity contribution in [1.82, 2.24) is 4.72 Å². The summed E-state index contributed by atoms with van der Waals surface area (Å²) in [5.74, 6) is 0.488. The van der Waals surface area contributed by atoms with Crippen molar-refractivity contribution >= 4 is 33.4 Å². The first-order chi connectivity index (χ1) is 11.9. The number of methoxy groups -OCH3 is 1. The number of ether oxygens (including phenoxy) is 1. The van der Waals surface area contributed by atoms with Crippen molar-refractivity contribution in [3.63, 3.8) is 0 Å². The highest BCUT2D eigenvalue weighted by Gasteiger charge is 2.25. The van der Waals surface area contributed by atoms with Gasteiger partial charge in [0.15, 0.2) is 0 Å². The molecular formula is C17H18N2O4S2. The zero-order valence-corrected chi connectivity index (χ0v) is 15.4. The highest BCUT2D eigenvalue weighted by Crippen LogP contribution is 2.36. The number of carbonyl (C=O) groups excluding carboxylic acids is 1. The molecule has 1 amide bonds. The zero-order valence-electron chi connectivity index (χ0n) is 13.8. The molecular weight excluding hydrogens is 360 g/mol. The second-order valence-electron chi connectivity index (χ2n) is 5.54. The Balaban J connectivity index is 1.81. The second-order valence-corrected chi connectivity index (χ2v) is 8.69. The van der Waals surface area contributed by atoms with Gasteiger partial charge in [0.2, 0.25) is 15.9 Å². The van der Waals surface area contributed by atoms with Crippen molar-refractivity contribution in [2.45, 2.75) is 28.5 Å². The van der Waals surface area contributed by atoms with Crippen molar-refractivity contribution < 1.29 is 17.9 Å². The summed E-state index contributed by atoms with van der Waals surface area (Å²) in [5.41, 5.74) is 1.26. The average Bonchev–Trinajstić information content (AvgIpc) is 2.61. The number of sulfonamides is 1. The molecule has 2 aromatic rings. The van der Waals surface area contributed by atoms with E-state index in [1.807, 2.05) is 19.1 Å². The Kier molecular flexibility index (Phi) is 5.03. The van der Waals surface area contributed by atoms with Crippen LogP contribution in [0.15, 0.2) is 52.3 Å². The first kappa shape index (κ1) is 17.8. The van der Waals surface area contributed by atoms with E-state index in [0.717, 1.165) is 10.5 Å². The number of rotatable bonds is 5. The molecule has 0 bridgehead atoms. The normalized spacial score (nSPS) is 16.9. The molecule has 0 aromatic heterocycles. The van der Waals surface area contributed by atoms with Crippen LogP contribution in [0.3, 0.4) is 0 Å². The fourth-order valence-electron chi connectivity index (χ4n) is 2.46. The monoisotopic (exact) mass is 378 g/mol. The van der Waals surface area contributed by atoms with Gasteiger partial charge in [0, 0.05) is 17.0 Å². The Hall–Kier alpha value is -2.03. The molecule has 6 nitrogen and oxygen atoms in total. The van der Waals surface area contributed by atoms with E-state index in [2.05, 4.69) is 10.0 Å². The van der Waals surface area contributed by atoms with E-state index in [1.54, 1.807) is 24.3 Å². The van der Waals surface area contributed by atoms with Crippen LogP contribution in [0.1, 0.15) is 12.5 Å². The maximum absolute atomic E-state index is 12.6. The van der Waals surface area contributed by atoms with E-state index >= 15 is 0 Å². The summed E-state index contributed by atoms with van der Waals surface area (Å²) in [4.78, 5) is 12.8. The highest BCUT2D eigenvalue weighted by atomic mass is 32.2. The van der Waals surface area contributed by atoms with E-state index < -0.39 is 10.0 Å². The topological polar surface area (TPSA) is 84.5 Å². The number of thioether (sulfide) groups is 1. The largest absolute Gasteiger partial charge is 0.496 e. The van der Waals surface area contributed by atoms with E-state index in [4.69, 9.17) is 4.74 Å². The molecule has 0 saturated heterocycles. The quantitative estimate of drug-likeness (QED) is 0.835. The molecule has 0 unspecified atom stereocenters. The van der Waals surface area contributed by atoms with Crippen LogP contribution < -0.4 is 14.8 Å². The van der Waals surface area contributed by atoms with Gasteiger partial charge in [-0.2, -0.15) is 0 Å². The van der Waals surface area contributed by atoms with Crippen LogP contribution in [0.5, 0.6) is 5.75 Å². The third-order valence-corrected chi connectivity index (χ3v) is 6.41. The van der Waals surface area contributed by atoms with Crippen molar-refractivity contribution in [3.8, 4) is 5.75 Å². The summed E-state index contributed by atoms with van der Waals surface area (Å²) in [6, 6.07) is 12.0. The molecule has 0 saturated carbocycles. The van der Waals surface area contributed by atoms with Crippen LogP contribution in [0.2, 0.25) is 0 Å². The molecule has 0 spiro atoms. The molecule has 0 aliphatic carbocycles. The molecule has 1 aliphatic rings. The molecule has 1 atom stereocenters. The van der Waals surface area contributed by atoms with Crippen molar-refractivity contribution in [3.05, 3.63) is 48.0 Å². The Morgan fingerprint density at radius 2 is 2.00 bits per heavy atom. The molecule has 0 fully saturated rings. The molecule has 0 radical (unpaired) electrons. The number of nitrogens with one attached hydrogen (secondary N) is 2. The number of para-hydroxylation sites is 1. The lowest BCUT2D eigenvalue weighted by molar-refractivity contribution is -0.115. The standard InChI is InChI=1S/C17H18N2O4S2/c1-11-17(20)19-14-9-13(7-8-16(14)24-11)25(21,22)18-10-12-5-3-4-6-15(12)23-2/h3-9,11,18H,10H2,1-2H3,(H,19,20)/t11-/m1/s1. The first-order valence-electron chi connectivity index (χ1n) is 7.64. The predicted molar refractivity (Wildman–Crippen MR) is 97.4 cm³/mol. The number of fused-ring (bicyclic) bond motifs is 1. The predicted octanol–water partition coefficient (Wildman–Crippen LogP) is 2.61. The smallest absolute Gasteiger partial charge is 0.240 e. The number of benzene rings is 2. The van der Waals surface area contributed by atoms with E-state index in [1.165, 1.54) is 24.9 Å². The minimum Gasteiger partial charge on any atom is -0.496 e. The van der Waals surface area contributed by atoms with Gasteiger partial charge in [-0.15, -0.1) is 11.8 Å². The van der Waals surface area contributed by atoms with Crippen molar-refractivity contribution in [2.75, 3.05) is 12.4 Å². The van der Waals surface area contributed by atoms with Crippen LogP contribution in [0, 0.1) is 0 Å². The van der Waals surface area contributed by atoms with Crippen molar-refractivity contribution in [1.29, 1.82) is 0 Å². The summed E-state index contributed by atoms with van der Waals surface area (Å²) in [6.45, 7) is 1.92. The van der Waals surface area contributed by atoms with Crippen molar-refractivity contribution in [2.24, 2.45) is 0 Å². The Morgan fingerprint density at radius 1 is 1.24 bits per heavy atom. The number of amides is 1. The molecule has 1 aliphatic heterocycles.